The van der Waals surface area contributed by atoms with Gasteiger partial charge in [0, 0.05) is 6.54 Å². The number of hydrogen-bond acceptors (Lipinski definition) is 18. The summed E-state index contributed by atoms with van der Waals surface area (Å²) in [5, 5.41) is 75.2. The second kappa shape index (κ2) is 38.0. The van der Waals surface area contributed by atoms with Crippen LogP contribution in [-0.2, 0) is 59.2 Å². The first-order chi connectivity index (χ1) is 42.1. The molecular weight excluding hydrogens is 1180 g/mol. The van der Waals surface area contributed by atoms with Gasteiger partial charge >= 0.3 is 18.2 Å². The Bertz CT molecular complexity index is 2730. The molecule has 31 nitrogen and oxygen atoms in total. The molecule has 0 fully saturated rings. The highest BCUT2D eigenvalue weighted by Crippen LogP contribution is 2.21. The average molecular weight is 1270 g/mol. The second-order valence-corrected chi connectivity index (χ2v) is 23.3. The molecular formula is C59H93N13O18. The van der Waals surface area contributed by atoms with Gasteiger partial charge in [0.25, 0.3) is 0 Å². The van der Waals surface area contributed by atoms with Crippen LogP contribution in [0.3, 0.4) is 0 Å². The number of aliphatic hydroxyl groups is 4. The zero-order chi connectivity index (χ0) is 68.2. The number of carboxylic acid groups (broad SMARTS) is 1. The SMILES string of the molecule is CC[C@H](C)[C@H](NC(=O)[C@@H](CCCN=C(N)N)NC(=O)[C@H](CC(C)C)NC(=O)[C@@H](NC(=O)[C@@H](NC(=O)OCc1ccccc1)[C@H](NC(=O)OC(C)(C)C)c1ccccc1)[C@H](O)C(C)C)C(=O)N[C@H](C(=O)NCC(=O)N[C@H](C(=O)N[C@@H](CO)C(=O)O)[C@@H](C)O)[C@H](C)O. The van der Waals surface area contributed by atoms with Crippen molar-refractivity contribution in [1.29, 1.82) is 0 Å². The van der Waals surface area contributed by atoms with E-state index in [9.17, 15) is 78.3 Å². The van der Waals surface area contributed by atoms with Gasteiger partial charge in [0.15, 0.2) is 5.96 Å². The van der Waals surface area contributed by atoms with Gasteiger partial charge in [0.05, 0.1) is 37.5 Å². The van der Waals surface area contributed by atoms with E-state index >= 15 is 0 Å². The van der Waals surface area contributed by atoms with Crippen LogP contribution in [0.25, 0.3) is 0 Å². The average Bonchev–Trinajstić information content (AvgIpc) is 2.15. The van der Waals surface area contributed by atoms with Crippen LogP contribution in [0.4, 0.5) is 9.59 Å². The summed E-state index contributed by atoms with van der Waals surface area (Å²) >= 11 is 0. The van der Waals surface area contributed by atoms with Gasteiger partial charge in [-0.05, 0) is 82.8 Å². The zero-order valence-corrected chi connectivity index (χ0v) is 52.7. The molecule has 31 heteroatoms. The van der Waals surface area contributed by atoms with Crippen molar-refractivity contribution < 1.29 is 87.7 Å². The molecule has 0 aliphatic carbocycles. The Morgan fingerprint density at radius 2 is 1.08 bits per heavy atom. The normalized spacial score (nSPS) is 15.7. The lowest BCUT2D eigenvalue weighted by molar-refractivity contribution is -0.144. The van der Waals surface area contributed by atoms with E-state index in [4.69, 9.17) is 20.9 Å². The number of aliphatic imine (C=N–C) groups is 1. The van der Waals surface area contributed by atoms with Crippen LogP contribution in [0.15, 0.2) is 65.7 Å². The van der Waals surface area contributed by atoms with Crippen LogP contribution < -0.4 is 64.6 Å². The van der Waals surface area contributed by atoms with Crippen LogP contribution >= 0.6 is 0 Å². The molecule has 0 heterocycles. The fourth-order valence-electron chi connectivity index (χ4n) is 8.55. The maximum absolute atomic E-state index is 14.8. The molecule has 0 radical (unpaired) electrons. The van der Waals surface area contributed by atoms with E-state index in [1.54, 1.807) is 123 Å². The summed E-state index contributed by atoms with van der Waals surface area (Å²) < 4.78 is 11.0. The molecule has 0 bridgehead atoms. The summed E-state index contributed by atoms with van der Waals surface area (Å²) in [6.07, 6.45) is -6.99. The van der Waals surface area contributed by atoms with Crippen molar-refractivity contribution in [3.05, 3.63) is 71.8 Å². The van der Waals surface area contributed by atoms with Gasteiger partial charge < -0.3 is 99.6 Å². The third-order valence-corrected chi connectivity index (χ3v) is 13.6. The number of nitrogens with one attached hydrogen (secondary N) is 10. The molecule has 2 aromatic rings. The van der Waals surface area contributed by atoms with E-state index in [1.165, 1.54) is 0 Å². The van der Waals surface area contributed by atoms with Crippen molar-refractivity contribution >= 4 is 71.4 Å². The first-order valence-corrected chi connectivity index (χ1v) is 29.4. The number of guanidine groups is 1. The standard InChI is InChI=1S/C59H93N13O18/c1-12-32(6)41(51(81)69-42(33(7)74)50(80)63-27-40(76)67-43(34(8)75)52(82)66-39(28-73)55(85)86)68-48(78)37(24-19-25-62-56(60)61)64-49(79)38(26-30(2)3)65-54(84)46(47(77)31(4)5)70-53(83)45(72-57(87)89-29-35-20-15-13-16-21-35)44(36-22-17-14-18-23-36)71-58(88)90-59(9,10)11/h13-18,20-23,30-34,37-39,41-47,73-75,77H,12,19,24-29H2,1-11H3,(H,63,80)(H,64,79)(H,65,84)(H,66,82)(H,67,76)(H,68,78)(H,69,81)(H,70,83)(H,71,88)(H,72,87)(H,85,86)(H4,60,61,62)/t32-,33-,34+,37+,38-,39-,41-,42-,43-,44+,45-,46-,47+/m0/s1. The molecule has 2 aromatic carbocycles. The number of benzene rings is 2. The second-order valence-electron chi connectivity index (χ2n) is 23.3. The van der Waals surface area contributed by atoms with Gasteiger partial charge in [-0.15, -0.1) is 0 Å². The third-order valence-electron chi connectivity index (χ3n) is 13.6. The number of ether oxygens (including phenoxy) is 2. The molecule has 0 aliphatic heterocycles. The molecule has 90 heavy (non-hydrogen) atoms. The highest BCUT2D eigenvalue weighted by Gasteiger charge is 2.41. The molecule has 0 aromatic heterocycles. The Labute approximate surface area is 523 Å². The number of aliphatic carboxylic acids is 1. The van der Waals surface area contributed by atoms with Gasteiger partial charge in [-0.1, -0.05) is 109 Å². The van der Waals surface area contributed by atoms with E-state index in [0.29, 0.717) is 11.1 Å². The number of amides is 10. The Morgan fingerprint density at radius 1 is 0.578 bits per heavy atom. The summed E-state index contributed by atoms with van der Waals surface area (Å²) in [6, 6.07) is 1.77. The highest BCUT2D eigenvalue weighted by molar-refractivity contribution is 5.98. The Balaban J connectivity index is 2.55. The Kier molecular flexibility index (Phi) is 32.7. The van der Waals surface area contributed by atoms with Crippen molar-refractivity contribution in [2.24, 2.45) is 34.2 Å². The topological polar surface area (TPSA) is 492 Å². The number of nitrogens with two attached hydrogens (primary N) is 2. The number of hydrogen-bond donors (Lipinski definition) is 17. The molecule has 10 amide bonds. The monoisotopic (exact) mass is 1270 g/mol. The van der Waals surface area contributed by atoms with Crippen molar-refractivity contribution in [2.45, 2.75) is 187 Å². The molecule has 19 N–H and O–H groups in total. The van der Waals surface area contributed by atoms with E-state index in [2.05, 4.69) is 52.8 Å². The lowest BCUT2D eigenvalue weighted by Crippen LogP contribution is -2.63. The van der Waals surface area contributed by atoms with E-state index < -0.39 is 169 Å². The van der Waals surface area contributed by atoms with Crippen LogP contribution in [0.1, 0.15) is 119 Å². The van der Waals surface area contributed by atoms with Gasteiger partial charge in [-0.2, -0.15) is 0 Å². The minimum Gasteiger partial charge on any atom is -0.480 e. The minimum atomic E-state index is -1.87. The summed E-state index contributed by atoms with van der Waals surface area (Å²) in [6.45, 7) is 14.7. The number of aliphatic hydroxyl groups excluding tert-OH is 4. The summed E-state index contributed by atoms with van der Waals surface area (Å²) in [4.78, 5) is 154. The minimum absolute atomic E-state index is 0.0398. The van der Waals surface area contributed by atoms with Crippen LogP contribution in [0, 0.1) is 17.8 Å². The van der Waals surface area contributed by atoms with Crippen molar-refractivity contribution in [2.75, 3.05) is 19.7 Å². The van der Waals surface area contributed by atoms with E-state index in [0.717, 1.165) is 13.8 Å². The maximum Gasteiger partial charge on any atom is 0.408 e. The van der Waals surface area contributed by atoms with E-state index in [1.807, 2.05) is 5.32 Å². The maximum atomic E-state index is 14.8. The summed E-state index contributed by atoms with van der Waals surface area (Å²) in [5.74, 6) is -12.2. The fraction of sp³-hybridized carbons (Fsp3) is 0.593. The third kappa shape index (κ3) is 27.4. The Morgan fingerprint density at radius 3 is 1.60 bits per heavy atom. The molecule has 0 spiro atoms. The Hall–Kier alpha value is -8.68. The molecule has 13 atom stereocenters. The van der Waals surface area contributed by atoms with Gasteiger partial charge in [0.2, 0.25) is 47.3 Å². The largest absolute Gasteiger partial charge is 0.480 e. The summed E-state index contributed by atoms with van der Waals surface area (Å²) in [7, 11) is 0. The number of carbonyl (C=O) groups excluding carboxylic acids is 10. The van der Waals surface area contributed by atoms with Crippen LogP contribution in [0.5, 0.6) is 0 Å². The smallest absolute Gasteiger partial charge is 0.408 e. The first-order valence-electron chi connectivity index (χ1n) is 29.4. The molecule has 0 saturated heterocycles. The first kappa shape index (κ1) is 77.4. The fourth-order valence-corrected chi connectivity index (χ4v) is 8.55. The van der Waals surface area contributed by atoms with Gasteiger partial charge in [-0.3, -0.25) is 43.3 Å². The number of alkyl carbamates (subject to hydrolysis) is 2. The van der Waals surface area contributed by atoms with Gasteiger partial charge in [-0.25, -0.2) is 14.4 Å². The predicted octanol–water partition coefficient (Wildman–Crippen LogP) is -1.94. The van der Waals surface area contributed by atoms with Crippen LogP contribution in [-0.4, -0.2) is 189 Å². The quantitative estimate of drug-likeness (QED) is 0.0200. The lowest BCUT2D eigenvalue weighted by atomic mass is 9.95. The van der Waals surface area contributed by atoms with Crippen molar-refractivity contribution in [3.63, 3.8) is 0 Å². The van der Waals surface area contributed by atoms with Gasteiger partial charge in [0.1, 0.15) is 60.5 Å². The summed E-state index contributed by atoms with van der Waals surface area (Å²) in [5.41, 5.74) is 11.0. The number of rotatable bonds is 36. The zero-order valence-electron chi connectivity index (χ0n) is 52.7. The van der Waals surface area contributed by atoms with Crippen molar-refractivity contribution in [1.82, 2.24) is 53.2 Å². The lowest BCUT2D eigenvalue weighted by Gasteiger charge is -2.33. The van der Waals surface area contributed by atoms with Crippen LogP contribution in [0.2, 0.25) is 0 Å². The number of carboxylic acids is 1. The predicted molar refractivity (Wildman–Crippen MR) is 326 cm³/mol. The number of carbonyl (C=O) groups is 11. The van der Waals surface area contributed by atoms with E-state index in [-0.39, 0.29) is 50.7 Å². The molecule has 2 rings (SSSR count). The molecule has 0 unspecified atom stereocenters. The van der Waals surface area contributed by atoms with Crippen molar-refractivity contribution in [3.8, 4) is 0 Å². The molecule has 0 aliphatic rings. The highest BCUT2D eigenvalue weighted by atomic mass is 16.6. The molecule has 0 saturated carbocycles. The number of nitrogens with zero attached hydrogens (tertiary/aromatic N) is 1. The molecule has 502 valence electrons.